The molecular weight excluding hydrogens is 347 g/mol. The molecule has 132 valence electrons. The Morgan fingerprint density at radius 3 is 2.71 bits per heavy atom. The van der Waals surface area contributed by atoms with Crippen LogP contribution in [0.3, 0.4) is 0 Å². The molecule has 0 aliphatic rings. The van der Waals surface area contributed by atoms with E-state index in [1.807, 2.05) is 7.05 Å². The van der Waals surface area contributed by atoms with Gasteiger partial charge in [-0.2, -0.15) is 13.2 Å². The normalized spacial score (nSPS) is 11.0. The maximum absolute atomic E-state index is 12.7. The first-order valence-corrected chi connectivity index (χ1v) is 6.94. The van der Waals surface area contributed by atoms with Crippen molar-refractivity contribution in [3.63, 3.8) is 0 Å². The number of nitrogens with one attached hydrogen (secondary N) is 2. The number of halogens is 4. The third-order valence-corrected chi connectivity index (χ3v) is 3.05. The van der Waals surface area contributed by atoms with Gasteiger partial charge in [0.2, 0.25) is 0 Å². The number of hydrogen-bond acceptors (Lipinski definition) is 4. The summed E-state index contributed by atoms with van der Waals surface area (Å²) in [5.41, 5.74) is -0.558. The second kappa shape index (κ2) is 8.65. The van der Waals surface area contributed by atoms with E-state index in [4.69, 9.17) is 0 Å². The highest BCUT2D eigenvalue weighted by molar-refractivity contribution is 5.91. The quantitative estimate of drug-likeness (QED) is 0.770. The van der Waals surface area contributed by atoms with E-state index in [0.717, 1.165) is 29.8 Å². The van der Waals surface area contributed by atoms with Gasteiger partial charge in [-0.15, -0.1) is 17.5 Å². The third kappa shape index (κ3) is 5.20. The van der Waals surface area contributed by atoms with Gasteiger partial charge >= 0.3 is 6.18 Å². The molecule has 1 heterocycles. The summed E-state index contributed by atoms with van der Waals surface area (Å²) in [7, 11) is 1.81. The molecule has 0 radical (unpaired) electrons. The van der Waals surface area contributed by atoms with Gasteiger partial charge in [-0.25, -0.2) is 4.68 Å². The van der Waals surface area contributed by atoms with E-state index < -0.39 is 17.6 Å². The molecule has 0 unspecified atom stereocenters. The highest BCUT2D eigenvalue weighted by Gasteiger charge is 2.30. The maximum Gasteiger partial charge on any atom is 0.416 e. The molecule has 0 spiro atoms. The van der Waals surface area contributed by atoms with Crippen molar-refractivity contribution < 1.29 is 18.0 Å². The second-order valence-electron chi connectivity index (χ2n) is 4.81. The van der Waals surface area contributed by atoms with E-state index in [0.29, 0.717) is 6.54 Å². The van der Waals surface area contributed by atoms with Crippen LogP contribution in [0.1, 0.15) is 22.5 Å². The summed E-state index contributed by atoms with van der Waals surface area (Å²) in [5, 5.41) is 13.0. The van der Waals surface area contributed by atoms with E-state index in [9.17, 15) is 18.0 Å². The third-order valence-electron chi connectivity index (χ3n) is 3.05. The van der Waals surface area contributed by atoms with Gasteiger partial charge < -0.3 is 10.6 Å². The fraction of sp³-hybridized carbons (Fsp3) is 0.357. The Kier molecular flexibility index (Phi) is 7.18. The summed E-state index contributed by atoms with van der Waals surface area (Å²) in [6.45, 7) is 1.23. The zero-order valence-electron chi connectivity index (χ0n) is 12.8. The summed E-state index contributed by atoms with van der Waals surface area (Å²) >= 11 is 0. The number of amides is 1. The molecule has 0 atom stereocenters. The Labute approximate surface area is 142 Å². The lowest BCUT2D eigenvalue weighted by Crippen LogP contribution is -2.26. The predicted octanol–water partition coefficient (Wildman–Crippen LogP) is 2.05. The molecule has 1 aromatic carbocycles. The molecule has 2 rings (SSSR count). The Morgan fingerprint density at radius 2 is 2.04 bits per heavy atom. The summed E-state index contributed by atoms with van der Waals surface area (Å²) in [5.74, 6) is -0.417. The minimum absolute atomic E-state index is 0. The number of carbonyl (C=O) groups excluding carboxylic acids is 1. The van der Waals surface area contributed by atoms with Crippen molar-refractivity contribution in [3.8, 4) is 5.69 Å². The van der Waals surface area contributed by atoms with Gasteiger partial charge in [0.05, 0.1) is 17.4 Å². The van der Waals surface area contributed by atoms with Crippen LogP contribution in [0, 0.1) is 0 Å². The molecule has 2 aromatic rings. The zero-order valence-corrected chi connectivity index (χ0v) is 13.6. The molecular formula is C14H17ClF3N5O. The molecule has 2 N–H and O–H groups in total. The molecule has 0 bridgehead atoms. The number of benzene rings is 1. The van der Waals surface area contributed by atoms with Gasteiger partial charge in [-0.05, 0) is 38.2 Å². The van der Waals surface area contributed by atoms with E-state index >= 15 is 0 Å². The lowest BCUT2D eigenvalue weighted by molar-refractivity contribution is -0.137. The molecule has 0 aliphatic heterocycles. The second-order valence-corrected chi connectivity index (χ2v) is 4.81. The van der Waals surface area contributed by atoms with Gasteiger partial charge in [0, 0.05) is 6.54 Å². The highest BCUT2D eigenvalue weighted by atomic mass is 35.5. The first-order valence-electron chi connectivity index (χ1n) is 6.94. The largest absolute Gasteiger partial charge is 0.416 e. The van der Waals surface area contributed by atoms with Crippen LogP contribution in [-0.4, -0.2) is 41.0 Å². The molecule has 6 nitrogen and oxygen atoms in total. The molecule has 1 aromatic heterocycles. The van der Waals surface area contributed by atoms with Gasteiger partial charge in [0.25, 0.3) is 5.91 Å². The average Bonchev–Trinajstić information content (AvgIpc) is 3.01. The minimum Gasteiger partial charge on any atom is -0.351 e. The Morgan fingerprint density at radius 1 is 1.29 bits per heavy atom. The number of carbonyl (C=O) groups is 1. The van der Waals surface area contributed by atoms with Gasteiger partial charge in [0.1, 0.15) is 0 Å². The average molecular weight is 364 g/mol. The van der Waals surface area contributed by atoms with Crippen LogP contribution >= 0.6 is 12.4 Å². The summed E-state index contributed by atoms with van der Waals surface area (Å²) in [6.07, 6.45) is -2.39. The van der Waals surface area contributed by atoms with Crippen LogP contribution in [-0.2, 0) is 6.18 Å². The van der Waals surface area contributed by atoms with Gasteiger partial charge in [0.15, 0.2) is 5.69 Å². The van der Waals surface area contributed by atoms with Crippen molar-refractivity contribution in [2.75, 3.05) is 20.1 Å². The predicted molar refractivity (Wildman–Crippen MR) is 84.5 cm³/mol. The number of rotatable bonds is 6. The summed E-state index contributed by atoms with van der Waals surface area (Å²) in [6, 6.07) is 4.65. The van der Waals surface area contributed by atoms with E-state index in [1.54, 1.807) is 0 Å². The Hall–Kier alpha value is -2.13. The van der Waals surface area contributed by atoms with E-state index in [2.05, 4.69) is 20.9 Å². The molecule has 0 aliphatic carbocycles. The molecule has 0 fully saturated rings. The minimum atomic E-state index is -4.44. The lowest BCUT2D eigenvalue weighted by atomic mass is 10.2. The highest BCUT2D eigenvalue weighted by Crippen LogP contribution is 2.30. The standard InChI is InChI=1S/C14H16F3N5O.ClH/c1-18-6-3-7-19-13(23)12-9-22(21-20-12)11-5-2-4-10(8-11)14(15,16)17;/h2,4-5,8-9,18H,3,6-7H2,1H3,(H,19,23);1H. The lowest BCUT2D eigenvalue weighted by Gasteiger charge is -2.08. The van der Waals surface area contributed by atoms with Crippen LogP contribution < -0.4 is 10.6 Å². The number of hydrogen-bond donors (Lipinski definition) is 2. The first-order chi connectivity index (χ1) is 10.9. The van der Waals surface area contributed by atoms with E-state index in [-0.39, 0.29) is 23.8 Å². The first kappa shape index (κ1) is 19.9. The zero-order chi connectivity index (χ0) is 16.9. The van der Waals surface area contributed by atoms with Crippen LogP contribution in [0.15, 0.2) is 30.5 Å². The van der Waals surface area contributed by atoms with E-state index in [1.165, 1.54) is 18.3 Å². The van der Waals surface area contributed by atoms with Crippen LogP contribution in [0.5, 0.6) is 0 Å². The number of alkyl halides is 3. The summed E-state index contributed by atoms with van der Waals surface area (Å²) < 4.78 is 39.3. The van der Waals surface area contributed by atoms with Crippen LogP contribution in [0.2, 0.25) is 0 Å². The van der Waals surface area contributed by atoms with Gasteiger partial charge in [-0.3, -0.25) is 4.79 Å². The fourth-order valence-electron chi connectivity index (χ4n) is 1.88. The van der Waals surface area contributed by atoms with Crippen molar-refractivity contribution in [1.29, 1.82) is 0 Å². The van der Waals surface area contributed by atoms with Crippen molar-refractivity contribution in [2.45, 2.75) is 12.6 Å². The molecule has 0 saturated heterocycles. The monoisotopic (exact) mass is 363 g/mol. The molecule has 10 heteroatoms. The van der Waals surface area contributed by atoms with Crippen molar-refractivity contribution in [2.24, 2.45) is 0 Å². The number of nitrogens with zero attached hydrogens (tertiary/aromatic N) is 3. The smallest absolute Gasteiger partial charge is 0.351 e. The van der Waals surface area contributed by atoms with Gasteiger partial charge in [-0.1, -0.05) is 11.3 Å². The van der Waals surface area contributed by atoms with Crippen LogP contribution in [0.4, 0.5) is 13.2 Å². The van der Waals surface area contributed by atoms with Crippen LogP contribution in [0.25, 0.3) is 5.69 Å². The molecule has 24 heavy (non-hydrogen) atoms. The van der Waals surface area contributed by atoms with Crippen molar-refractivity contribution in [3.05, 3.63) is 41.7 Å². The number of aromatic nitrogens is 3. The maximum atomic E-state index is 12.7. The SMILES string of the molecule is CNCCCNC(=O)c1cn(-c2cccc(C(F)(F)F)c2)nn1.Cl. The summed E-state index contributed by atoms with van der Waals surface area (Å²) in [4.78, 5) is 11.9. The Balaban J connectivity index is 0.00000288. The van der Waals surface area contributed by atoms with Crippen molar-refractivity contribution in [1.82, 2.24) is 25.6 Å². The molecule has 1 amide bonds. The topological polar surface area (TPSA) is 71.8 Å². The fourth-order valence-corrected chi connectivity index (χ4v) is 1.88. The molecule has 0 saturated carbocycles. The Bertz CT molecular complexity index is 674. The van der Waals surface area contributed by atoms with Crippen molar-refractivity contribution >= 4 is 18.3 Å².